The Morgan fingerprint density at radius 3 is 2.15 bits per heavy atom. The minimum absolute atomic E-state index is 0.499. The summed E-state index contributed by atoms with van der Waals surface area (Å²) < 4.78 is 6.20. The van der Waals surface area contributed by atoms with Gasteiger partial charge in [-0.25, -0.2) is 4.79 Å². The summed E-state index contributed by atoms with van der Waals surface area (Å²) in [6.07, 6.45) is 10.7. The van der Waals surface area contributed by atoms with E-state index in [9.17, 15) is 9.90 Å². The SMILES string of the molecule is CCCCOC(CCCC)(C(=O)O)c1cccc(CCCC)c1CCCC. The van der Waals surface area contributed by atoms with Gasteiger partial charge in [0.15, 0.2) is 5.60 Å². The predicted octanol–water partition coefficient (Wildman–Crippen LogP) is 6.66. The third kappa shape index (κ3) is 6.64. The van der Waals surface area contributed by atoms with Crippen molar-refractivity contribution in [3.63, 3.8) is 0 Å². The molecule has 0 saturated carbocycles. The van der Waals surface area contributed by atoms with Crippen molar-refractivity contribution < 1.29 is 14.6 Å². The summed E-state index contributed by atoms with van der Waals surface area (Å²) in [4.78, 5) is 12.5. The quantitative estimate of drug-likeness (QED) is 0.348. The second-order valence-corrected chi connectivity index (χ2v) is 7.59. The van der Waals surface area contributed by atoms with Crippen LogP contribution >= 0.6 is 0 Å². The summed E-state index contributed by atoms with van der Waals surface area (Å²) in [6.45, 7) is 9.10. The van der Waals surface area contributed by atoms with E-state index in [1.165, 1.54) is 11.1 Å². The number of carboxylic acids is 1. The Balaban J connectivity index is 3.44. The van der Waals surface area contributed by atoms with Crippen molar-refractivity contribution in [3.05, 3.63) is 34.9 Å². The Labute approximate surface area is 166 Å². The van der Waals surface area contributed by atoms with Crippen molar-refractivity contribution in [3.8, 4) is 0 Å². The highest BCUT2D eigenvalue weighted by atomic mass is 16.5. The molecule has 1 aromatic carbocycles. The summed E-state index contributed by atoms with van der Waals surface area (Å²) >= 11 is 0. The van der Waals surface area contributed by atoms with Crippen LogP contribution in [0.15, 0.2) is 18.2 Å². The third-order valence-corrected chi connectivity index (χ3v) is 5.36. The van der Waals surface area contributed by atoms with Crippen LogP contribution in [0.25, 0.3) is 0 Å². The van der Waals surface area contributed by atoms with Crippen molar-refractivity contribution in [2.24, 2.45) is 0 Å². The number of benzene rings is 1. The molecule has 1 rings (SSSR count). The Hall–Kier alpha value is -1.35. The zero-order chi connectivity index (χ0) is 20.1. The van der Waals surface area contributed by atoms with Gasteiger partial charge < -0.3 is 9.84 Å². The van der Waals surface area contributed by atoms with Gasteiger partial charge in [-0.2, -0.15) is 0 Å². The molecule has 0 saturated heterocycles. The number of ether oxygens (including phenoxy) is 1. The molecule has 1 unspecified atom stereocenters. The Bertz CT molecular complexity index is 553. The van der Waals surface area contributed by atoms with E-state index >= 15 is 0 Å². The van der Waals surface area contributed by atoms with E-state index in [1.807, 2.05) is 12.1 Å². The average Bonchev–Trinajstić information content (AvgIpc) is 2.67. The highest BCUT2D eigenvalue weighted by Crippen LogP contribution is 2.37. The number of aliphatic carboxylic acids is 1. The van der Waals surface area contributed by atoms with Crippen molar-refractivity contribution in [2.45, 2.75) is 104 Å². The third-order valence-electron chi connectivity index (χ3n) is 5.36. The summed E-state index contributed by atoms with van der Waals surface area (Å²) in [6, 6.07) is 6.22. The number of carboxylic acid groups (broad SMARTS) is 1. The van der Waals surface area contributed by atoms with Gasteiger partial charge in [-0.1, -0.05) is 71.6 Å². The van der Waals surface area contributed by atoms with Crippen LogP contribution < -0.4 is 0 Å². The van der Waals surface area contributed by atoms with E-state index in [4.69, 9.17) is 4.74 Å². The van der Waals surface area contributed by atoms with Crippen LogP contribution in [0.4, 0.5) is 0 Å². The highest BCUT2D eigenvalue weighted by molar-refractivity contribution is 5.80. The molecular weight excluding hydrogens is 336 g/mol. The lowest BCUT2D eigenvalue weighted by Crippen LogP contribution is -2.40. The smallest absolute Gasteiger partial charge is 0.340 e. The number of hydrogen-bond donors (Lipinski definition) is 1. The van der Waals surface area contributed by atoms with Crippen LogP contribution in [0.5, 0.6) is 0 Å². The predicted molar refractivity (Wildman–Crippen MR) is 113 cm³/mol. The molecular formula is C24H40O3. The van der Waals surface area contributed by atoms with Crippen LogP contribution in [0.2, 0.25) is 0 Å². The molecule has 0 amide bonds. The topological polar surface area (TPSA) is 46.5 Å². The molecule has 3 heteroatoms. The first-order valence-corrected chi connectivity index (χ1v) is 11.1. The Kier molecular flexibility index (Phi) is 11.3. The van der Waals surface area contributed by atoms with Gasteiger partial charge in [0.2, 0.25) is 0 Å². The number of unbranched alkanes of at least 4 members (excludes halogenated alkanes) is 4. The van der Waals surface area contributed by atoms with Gasteiger partial charge in [0.25, 0.3) is 0 Å². The lowest BCUT2D eigenvalue weighted by atomic mass is 9.81. The molecule has 1 N–H and O–H groups in total. The van der Waals surface area contributed by atoms with Gasteiger partial charge >= 0.3 is 5.97 Å². The van der Waals surface area contributed by atoms with Crippen LogP contribution in [0, 0.1) is 0 Å². The molecule has 0 aliphatic rings. The molecule has 27 heavy (non-hydrogen) atoms. The van der Waals surface area contributed by atoms with Crippen LogP contribution in [-0.2, 0) is 28.0 Å². The maximum atomic E-state index is 12.5. The molecule has 0 radical (unpaired) electrons. The van der Waals surface area contributed by atoms with Crippen molar-refractivity contribution in [1.82, 2.24) is 0 Å². The zero-order valence-corrected chi connectivity index (χ0v) is 18.0. The fourth-order valence-electron chi connectivity index (χ4n) is 3.65. The molecule has 1 atom stereocenters. The maximum Gasteiger partial charge on any atom is 0.340 e. The molecule has 154 valence electrons. The molecule has 0 aromatic heterocycles. The first-order chi connectivity index (χ1) is 13.1. The van der Waals surface area contributed by atoms with Crippen molar-refractivity contribution in [2.75, 3.05) is 6.61 Å². The highest BCUT2D eigenvalue weighted by Gasteiger charge is 2.42. The number of hydrogen-bond acceptors (Lipinski definition) is 2. The molecule has 0 spiro atoms. The molecule has 0 heterocycles. The fraction of sp³-hybridized carbons (Fsp3) is 0.708. The second kappa shape index (κ2) is 12.9. The monoisotopic (exact) mass is 376 g/mol. The largest absolute Gasteiger partial charge is 0.479 e. The van der Waals surface area contributed by atoms with Crippen LogP contribution in [-0.4, -0.2) is 17.7 Å². The summed E-state index contributed by atoms with van der Waals surface area (Å²) in [5.74, 6) is -0.836. The normalized spacial score (nSPS) is 13.5. The number of rotatable bonds is 15. The Morgan fingerprint density at radius 1 is 0.926 bits per heavy atom. The molecule has 0 bridgehead atoms. The number of carbonyl (C=O) groups is 1. The van der Waals surface area contributed by atoms with Gasteiger partial charge in [-0.15, -0.1) is 0 Å². The lowest BCUT2D eigenvalue weighted by Gasteiger charge is -2.33. The van der Waals surface area contributed by atoms with Gasteiger partial charge in [-0.3, -0.25) is 0 Å². The van der Waals surface area contributed by atoms with E-state index in [0.717, 1.165) is 69.8 Å². The van der Waals surface area contributed by atoms with E-state index in [-0.39, 0.29) is 0 Å². The van der Waals surface area contributed by atoms with Crippen molar-refractivity contribution >= 4 is 5.97 Å². The first kappa shape index (κ1) is 23.7. The summed E-state index contributed by atoms with van der Waals surface area (Å²) in [5.41, 5.74) is 2.23. The van der Waals surface area contributed by atoms with Crippen molar-refractivity contribution in [1.29, 1.82) is 0 Å². The van der Waals surface area contributed by atoms with Crippen LogP contribution in [0.3, 0.4) is 0 Å². The molecule has 3 nitrogen and oxygen atoms in total. The Morgan fingerprint density at radius 2 is 1.56 bits per heavy atom. The first-order valence-electron chi connectivity index (χ1n) is 11.1. The van der Waals surface area contributed by atoms with Gasteiger partial charge in [0.05, 0.1) is 0 Å². The lowest BCUT2D eigenvalue weighted by molar-refractivity contribution is -0.169. The van der Waals surface area contributed by atoms with E-state index in [0.29, 0.717) is 13.0 Å². The van der Waals surface area contributed by atoms with Gasteiger partial charge in [0, 0.05) is 6.61 Å². The zero-order valence-electron chi connectivity index (χ0n) is 18.0. The summed E-state index contributed by atoms with van der Waals surface area (Å²) in [7, 11) is 0. The molecule has 0 fully saturated rings. The second-order valence-electron chi connectivity index (χ2n) is 7.59. The van der Waals surface area contributed by atoms with E-state index in [1.54, 1.807) is 0 Å². The number of aryl methyl sites for hydroxylation is 1. The van der Waals surface area contributed by atoms with E-state index < -0.39 is 11.6 Å². The maximum absolute atomic E-state index is 12.5. The minimum atomic E-state index is -1.21. The van der Waals surface area contributed by atoms with Crippen LogP contribution in [0.1, 0.15) is 102 Å². The minimum Gasteiger partial charge on any atom is -0.479 e. The molecule has 1 aromatic rings. The standard InChI is InChI=1S/C24H40O3/c1-5-9-14-20-15-13-17-22(21(20)16-10-6-2)24(23(25)26,18-11-7-3)27-19-12-8-4/h13,15,17H,5-12,14,16,18-19H2,1-4H3,(H,25,26). The average molecular weight is 377 g/mol. The summed E-state index contributed by atoms with van der Waals surface area (Å²) in [5, 5.41) is 10.3. The molecule has 0 aliphatic heterocycles. The van der Waals surface area contributed by atoms with Gasteiger partial charge in [-0.05, 0) is 61.6 Å². The molecule has 0 aliphatic carbocycles. The fourth-order valence-corrected chi connectivity index (χ4v) is 3.65. The van der Waals surface area contributed by atoms with Gasteiger partial charge in [0.1, 0.15) is 0 Å². The van der Waals surface area contributed by atoms with E-state index in [2.05, 4.69) is 33.8 Å².